The summed E-state index contributed by atoms with van der Waals surface area (Å²) >= 11 is 0. The van der Waals surface area contributed by atoms with Gasteiger partial charge in [-0.3, -0.25) is 9.52 Å². The molecule has 1 aromatic carbocycles. The van der Waals surface area contributed by atoms with Crippen molar-refractivity contribution in [2.75, 3.05) is 20.1 Å². The van der Waals surface area contributed by atoms with E-state index in [-0.39, 0.29) is 0 Å². The Morgan fingerprint density at radius 2 is 2.22 bits per heavy atom. The fourth-order valence-corrected chi connectivity index (χ4v) is 4.37. The first-order chi connectivity index (χ1) is 11.1. The maximum Gasteiger partial charge on any atom is 0.198 e. The molecule has 0 aromatic heterocycles. The van der Waals surface area contributed by atoms with Gasteiger partial charge in [0.25, 0.3) is 0 Å². The SMILES string of the molecule is CCCC(CCNS(O)(C=O)c1ccc2c(c1)CNCC2)NC. The lowest BCUT2D eigenvalue weighted by atomic mass is 10.0. The van der Waals surface area contributed by atoms with E-state index in [4.69, 9.17) is 0 Å². The first kappa shape index (κ1) is 18.4. The van der Waals surface area contributed by atoms with Gasteiger partial charge in [-0.25, -0.2) is 0 Å². The predicted molar refractivity (Wildman–Crippen MR) is 97.5 cm³/mol. The lowest BCUT2D eigenvalue weighted by molar-refractivity contribution is 0.480. The summed E-state index contributed by atoms with van der Waals surface area (Å²) in [4.78, 5) is 12.3. The molecule has 23 heavy (non-hydrogen) atoms. The van der Waals surface area contributed by atoms with Crippen LogP contribution in [0.3, 0.4) is 0 Å². The number of fused-ring (bicyclic) bond motifs is 1. The highest BCUT2D eigenvalue weighted by atomic mass is 32.3. The van der Waals surface area contributed by atoms with Crippen LogP contribution in [0.5, 0.6) is 0 Å². The Morgan fingerprint density at radius 3 is 2.91 bits per heavy atom. The molecule has 1 aliphatic rings. The molecule has 2 rings (SSSR count). The lowest BCUT2D eigenvalue weighted by Crippen LogP contribution is -2.31. The van der Waals surface area contributed by atoms with E-state index in [1.807, 2.05) is 25.2 Å². The summed E-state index contributed by atoms with van der Waals surface area (Å²) in [6.07, 6.45) is 4.10. The minimum absolute atomic E-state index is 0.413. The number of carbonyl (C=O) groups excluding carboxylic acids is 1. The van der Waals surface area contributed by atoms with Crippen LogP contribution in [0.15, 0.2) is 23.1 Å². The zero-order valence-electron chi connectivity index (χ0n) is 14.1. The monoisotopic (exact) mass is 339 g/mol. The third-order valence-electron chi connectivity index (χ3n) is 4.42. The third-order valence-corrected chi connectivity index (χ3v) is 6.32. The first-order valence-corrected chi connectivity index (χ1v) is 10.0. The van der Waals surface area contributed by atoms with Crippen molar-refractivity contribution >= 4 is 16.1 Å². The number of hydrogen-bond acceptors (Lipinski definition) is 5. The van der Waals surface area contributed by atoms with Crippen LogP contribution in [0, 0.1) is 0 Å². The lowest BCUT2D eigenvalue weighted by Gasteiger charge is -2.31. The molecule has 2 unspecified atom stereocenters. The smallest absolute Gasteiger partial charge is 0.198 e. The van der Waals surface area contributed by atoms with Crippen LogP contribution in [0.2, 0.25) is 0 Å². The van der Waals surface area contributed by atoms with Crippen molar-refractivity contribution in [1.29, 1.82) is 0 Å². The Kier molecular flexibility index (Phi) is 7.05. The normalized spacial score (nSPS) is 19.4. The van der Waals surface area contributed by atoms with E-state index in [0.29, 0.717) is 23.1 Å². The maximum atomic E-state index is 11.6. The zero-order valence-corrected chi connectivity index (χ0v) is 14.9. The fourth-order valence-electron chi connectivity index (χ4n) is 2.99. The Balaban J connectivity index is 2.03. The van der Waals surface area contributed by atoms with Crippen molar-refractivity contribution in [3.63, 3.8) is 0 Å². The van der Waals surface area contributed by atoms with Gasteiger partial charge in [-0.1, -0.05) is 19.4 Å². The molecule has 0 spiro atoms. The third kappa shape index (κ3) is 4.78. The fraction of sp³-hybridized carbons (Fsp3) is 0.588. The highest BCUT2D eigenvalue weighted by Gasteiger charge is 2.24. The zero-order chi connectivity index (χ0) is 16.7. The summed E-state index contributed by atoms with van der Waals surface area (Å²) in [5.74, 6) is 0. The Labute approximate surface area is 140 Å². The van der Waals surface area contributed by atoms with Gasteiger partial charge in [0.1, 0.15) is 0 Å². The molecule has 0 saturated heterocycles. The molecule has 6 heteroatoms. The van der Waals surface area contributed by atoms with Crippen molar-refractivity contribution < 1.29 is 9.35 Å². The van der Waals surface area contributed by atoms with Gasteiger partial charge in [0.2, 0.25) is 0 Å². The summed E-state index contributed by atoms with van der Waals surface area (Å²) in [6, 6.07) is 6.32. The van der Waals surface area contributed by atoms with Gasteiger partial charge >= 0.3 is 0 Å². The van der Waals surface area contributed by atoms with E-state index in [0.717, 1.165) is 38.8 Å². The highest BCUT2D eigenvalue weighted by Crippen LogP contribution is 2.45. The van der Waals surface area contributed by atoms with Crippen LogP contribution < -0.4 is 15.4 Å². The van der Waals surface area contributed by atoms with E-state index in [1.165, 1.54) is 11.1 Å². The molecule has 2 atom stereocenters. The molecular weight excluding hydrogens is 310 g/mol. The van der Waals surface area contributed by atoms with Gasteiger partial charge < -0.3 is 15.2 Å². The second kappa shape index (κ2) is 8.80. The molecule has 0 radical (unpaired) electrons. The van der Waals surface area contributed by atoms with E-state index < -0.39 is 10.5 Å². The second-order valence-corrected chi connectivity index (χ2v) is 8.24. The van der Waals surface area contributed by atoms with E-state index in [2.05, 4.69) is 22.3 Å². The average molecular weight is 340 g/mol. The van der Waals surface area contributed by atoms with Crippen molar-refractivity contribution in [2.24, 2.45) is 0 Å². The van der Waals surface area contributed by atoms with Crippen LogP contribution in [0.1, 0.15) is 37.3 Å². The molecule has 4 N–H and O–H groups in total. The molecule has 0 saturated carbocycles. The van der Waals surface area contributed by atoms with Gasteiger partial charge in [0, 0.05) is 34.5 Å². The number of carbonyl (C=O) groups is 1. The minimum Gasteiger partial charge on any atom is -0.327 e. The molecule has 1 aromatic rings. The molecule has 5 nitrogen and oxygen atoms in total. The Hall–Kier alpha value is -0.920. The van der Waals surface area contributed by atoms with E-state index in [1.54, 1.807) is 0 Å². The van der Waals surface area contributed by atoms with Gasteiger partial charge in [-0.2, -0.15) is 0 Å². The summed E-state index contributed by atoms with van der Waals surface area (Å²) in [6.45, 7) is 4.56. The number of rotatable bonds is 9. The van der Waals surface area contributed by atoms with Crippen molar-refractivity contribution in [2.45, 2.75) is 50.1 Å². The van der Waals surface area contributed by atoms with Crippen LogP contribution in [-0.2, 0) is 17.8 Å². The summed E-state index contributed by atoms with van der Waals surface area (Å²) < 4.78 is 13.9. The molecule has 0 aliphatic carbocycles. The molecule has 1 aliphatic heterocycles. The van der Waals surface area contributed by atoms with Crippen molar-refractivity contribution in [3.8, 4) is 0 Å². The number of benzene rings is 1. The van der Waals surface area contributed by atoms with Gasteiger partial charge in [-0.15, -0.1) is 0 Å². The quantitative estimate of drug-likeness (QED) is 0.520. The largest absolute Gasteiger partial charge is 0.327 e. The predicted octanol–water partition coefficient (Wildman–Crippen LogP) is 2.44. The Morgan fingerprint density at radius 1 is 1.39 bits per heavy atom. The van der Waals surface area contributed by atoms with Crippen LogP contribution in [0.25, 0.3) is 0 Å². The second-order valence-electron chi connectivity index (χ2n) is 6.04. The summed E-state index contributed by atoms with van der Waals surface area (Å²) in [7, 11) is -0.640. The molecular formula is C17H29N3O2S. The molecule has 0 bridgehead atoms. The van der Waals surface area contributed by atoms with E-state index in [9.17, 15) is 9.35 Å². The summed E-state index contributed by atoms with van der Waals surface area (Å²) in [5, 5.41) is 6.61. The number of nitrogens with one attached hydrogen (secondary N) is 3. The van der Waals surface area contributed by atoms with E-state index >= 15 is 0 Å². The topological polar surface area (TPSA) is 73.4 Å². The minimum atomic E-state index is -2.59. The Bertz CT molecular complexity index is 527. The maximum absolute atomic E-state index is 11.6. The van der Waals surface area contributed by atoms with Gasteiger partial charge in [0.15, 0.2) is 5.62 Å². The van der Waals surface area contributed by atoms with Crippen molar-refractivity contribution in [1.82, 2.24) is 15.4 Å². The number of hydrogen-bond donors (Lipinski definition) is 4. The highest BCUT2D eigenvalue weighted by molar-refractivity contribution is 8.38. The van der Waals surface area contributed by atoms with Crippen LogP contribution in [-0.4, -0.2) is 36.3 Å². The summed E-state index contributed by atoms with van der Waals surface area (Å²) in [5.41, 5.74) is 3.17. The average Bonchev–Trinajstić information content (AvgIpc) is 2.60. The van der Waals surface area contributed by atoms with Gasteiger partial charge in [0.05, 0.1) is 0 Å². The van der Waals surface area contributed by atoms with Crippen molar-refractivity contribution in [3.05, 3.63) is 29.3 Å². The molecule has 0 fully saturated rings. The first-order valence-electron chi connectivity index (χ1n) is 8.38. The van der Waals surface area contributed by atoms with Gasteiger partial charge in [-0.05, 0) is 56.1 Å². The standard InChI is InChI=1S/C17H29N3O2S/c1-3-4-16(18-2)8-10-20-23(22,13-21)17-6-5-14-7-9-19-12-15(14)11-17/h5-6,11,13,16,18-20,22H,3-4,7-10,12H2,1-2H3. The molecule has 130 valence electrons. The molecule has 1 heterocycles. The molecule has 0 amide bonds. The van der Waals surface area contributed by atoms with Crippen LogP contribution >= 0.6 is 10.5 Å². The van der Waals surface area contributed by atoms with Crippen LogP contribution in [0.4, 0.5) is 0 Å².